The molecule has 0 fully saturated rings. The van der Waals surface area contributed by atoms with Crippen LogP contribution in [-0.4, -0.2) is 22.0 Å². The highest BCUT2D eigenvalue weighted by atomic mass is 28.2. The molecule has 0 aliphatic heterocycles. The van der Waals surface area contributed by atoms with Crippen LogP contribution < -0.4 is 5.32 Å². The average molecular weight is 131 g/mol. The lowest BCUT2D eigenvalue weighted by Crippen LogP contribution is -2.21. The van der Waals surface area contributed by atoms with Gasteiger partial charge in [-0.3, -0.25) is 4.79 Å². The Balaban J connectivity index is 2.82. The molecule has 0 atom stereocenters. The van der Waals surface area contributed by atoms with Crippen LogP contribution in [0.2, 0.25) is 12.6 Å². The third kappa shape index (κ3) is 5.69. The van der Waals surface area contributed by atoms with Gasteiger partial charge >= 0.3 is 0 Å². The molecule has 8 heavy (non-hydrogen) atoms. The Kier molecular flexibility index (Phi) is 4.65. The van der Waals surface area contributed by atoms with Gasteiger partial charge < -0.3 is 5.32 Å². The molecule has 48 valence electrons. The third-order valence-corrected chi connectivity index (χ3v) is 1.96. The summed E-state index contributed by atoms with van der Waals surface area (Å²) in [4.78, 5) is 10.2. The van der Waals surface area contributed by atoms with E-state index in [0.717, 1.165) is 6.54 Å². The van der Waals surface area contributed by atoms with Gasteiger partial charge in [-0.25, -0.2) is 0 Å². The summed E-state index contributed by atoms with van der Waals surface area (Å²) in [6.45, 7) is 4.68. The molecular formula is C5H13NOSi. The van der Waals surface area contributed by atoms with Crippen molar-refractivity contribution < 1.29 is 4.79 Å². The van der Waals surface area contributed by atoms with Crippen LogP contribution in [0.5, 0.6) is 0 Å². The van der Waals surface area contributed by atoms with Crippen molar-refractivity contribution in [3.63, 3.8) is 0 Å². The molecule has 0 spiro atoms. The highest BCUT2D eigenvalue weighted by Gasteiger charge is 1.86. The maximum Gasteiger partial charge on any atom is 0.216 e. The molecule has 0 rings (SSSR count). The van der Waals surface area contributed by atoms with E-state index < -0.39 is 0 Å². The van der Waals surface area contributed by atoms with Gasteiger partial charge in [0.25, 0.3) is 0 Å². The molecule has 0 aromatic carbocycles. The molecule has 0 radical (unpaired) electrons. The maximum absolute atomic E-state index is 10.2. The molecular weight excluding hydrogens is 118 g/mol. The molecule has 3 heteroatoms. The Morgan fingerprint density at radius 2 is 2.38 bits per heavy atom. The Hall–Kier alpha value is -0.313. The predicted molar refractivity (Wildman–Crippen MR) is 37.9 cm³/mol. The molecule has 0 aliphatic rings. The third-order valence-electron chi connectivity index (χ3n) is 0.904. The number of hydrogen-bond donors (Lipinski definition) is 1. The Morgan fingerprint density at radius 3 is 2.75 bits per heavy atom. The van der Waals surface area contributed by atoms with Gasteiger partial charge in [-0.1, -0.05) is 6.55 Å². The van der Waals surface area contributed by atoms with Gasteiger partial charge in [0, 0.05) is 23.0 Å². The number of rotatable bonds is 3. The largest absolute Gasteiger partial charge is 0.357 e. The molecule has 0 aromatic rings. The van der Waals surface area contributed by atoms with E-state index in [1.54, 1.807) is 6.92 Å². The summed E-state index contributed by atoms with van der Waals surface area (Å²) in [6.07, 6.45) is 0. The first-order chi connectivity index (χ1) is 3.77. The molecule has 0 unspecified atom stereocenters. The van der Waals surface area contributed by atoms with E-state index in [9.17, 15) is 4.79 Å². The van der Waals surface area contributed by atoms with Crippen LogP contribution in [-0.2, 0) is 4.79 Å². The lowest BCUT2D eigenvalue weighted by atomic mass is 10.6. The monoisotopic (exact) mass is 131 g/mol. The van der Waals surface area contributed by atoms with Gasteiger partial charge in [0.2, 0.25) is 5.91 Å². The minimum atomic E-state index is 0.0902. The highest BCUT2D eigenvalue weighted by Crippen LogP contribution is 1.72. The topological polar surface area (TPSA) is 29.1 Å². The minimum Gasteiger partial charge on any atom is -0.357 e. The van der Waals surface area contributed by atoms with Crippen molar-refractivity contribution in [3.8, 4) is 0 Å². The quantitative estimate of drug-likeness (QED) is 0.415. The second-order valence-electron chi connectivity index (χ2n) is 1.84. The first-order valence-corrected chi connectivity index (χ1v) is 5.43. The van der Waals surface area contributed by atoms with E-state index in [-0.39, 0.29) is 15.4 Å². The smallest absolute Gasteiger partial charge is 0.216 e. The van der Waals surface area contributed by atoms with Crippen molar-refractivity contribution in [2.24, 2.45) is 0 Å². The summed E-state index contributed by atoms with van der Waals surface area (Å²) >= 11 is 0. The van der Waals surface area contributed by atoms with Gasteiger partial charge in [0.05, 0.1) is 0 Å². The van der Waals surface area contributed by atoms with Crippen LogP contribution in [0, 0.1) is 0 Å². The van der Waals surface area contributed by atoms with Crippen LogP contribution in [0.15, 0.2) is 0 Å². The SMILES string of the molecule is C[SiH2]CCNC(C)=O. The van der Waals surface area contributed by atoms with E-state index in [2.05, 4.69) is 11.9 Å². The van der Waals surface area contributed by atoms with Gasteiger partial charge in [-0.05, 0) is 6.04 Å². The summed E-state index contributed by atoms with van der Waals surface area (Å²) in [5.74, 6) is 0.0902. The summed E-state index contributed by atoms with van der Waals surface area (Å²) in [7, 11) is 0.156. The van der Waals surface area contributed by atoms with Gasteiger partial charge in [0.1, 0.15) is 0 Å². The van der Waals surface area contributed by atoms with Crippen LogP contribution in [0.25, 0.3) is 0 Å². The molecule has 0 bridgehead atoms. The van der Waals surface area contributed by atoms with Crippen molar-refractivity contribution in [3.05, 3.63) is 0 Å². The normalized spacial score (nSPS) is 10.2. The number of amides is 1. The van der Waals surface area contributed by atoms with Gasteiger partial charge in [-0.2, -0.15) is 0 Å². The summed E-state index contributed by atoms with van der Waals surface area (Å²) < 4.78 is 0. The van der Waals surface area contributed by atoms with Gasteiger partial charge in [0.15, 0.2) is 0 Å². The number of carbonyl (C=O) groups excluding carboxylic acids is 1. The van der Waals surface area contributed by atoms with E-state index >= 15 is 0 Å². The predicted octanol–water partition coefficient (Wildman–Crippen LogP) is -0.242. The van der Waals surface area contributed by atoms with Crippen molar-refractivity contribution in [2.75, 3.05) is 6.54 Å². The van der Waals surface area contributed by atoms with Crippen LogP contribution >= 0.6 is 0 Å². The first kappa shape index (κ1) is 7.69. The van der Waals surface area contributed by atoms with E-state index in [1.165, 1.54) is 6.04 Å². The zero-order chi connectivity index (χ0) is 6.41. The zero-order valence-corrected chi connectivity index (χ0v) is 6.94. The summed E-state index contributed by atoms with van der Waals surface area (Å²) in [5, 5.41) is 2.74. The Labute approximate surface area is 52.5 Å². The zero-order valence-electron chi connectivity index (χ0n) is 5.53. The van der Waals surface area contributed by atoms with Crippen LogP contribution in [0.3, 0.4) is 0 Å². The summed E-state index contributed by atoms with van der Waals surface area (Å²) in [6, 6.07) is 1.22. The minimum absolute atomic E-state index is 0.0902. The summed E-state index contributed by atoms with van der Waals surface area (Å²) in [5.41, 5.74) is 0. The number of hydrogen-bond acceptors (Lipinski definition) is 1. The van der Waals surface area contributed by atoms with E-state index in [0.29, 0.717) is 0 Å². The van der Waals surface area contributed by atoms with Crippen molar-refractivity contribution in [1.82, 2.24) is 5.32 Å². The van der Waals surface area contributed by atoms with Crippen LogP contribution in [0.4, 0.5) is 0 Å². The Morgan fingerprint density at radius 1 is 1.75 bits per heavy atom. The van der Waals surface area contributed by atoms with E-state index in [1.807, 2.05) is 0 Å². The lowest BCUT2D eigenvalue weighted by molar-refractivity contribution is -0.118. The lowest BCUT2D eigenvalue weighted by Gasteiger charge is -1.96. The van der Waals surface area contributed by atoms with E-state index in [4.69, 9.17) is 0 Å². The molecule has 2 nitrogen and oxygen atoms in total. The van der Waals surface area contributed by atoms with Gasteiger partial charge in [-0.15, -0.1) is 0 Å². The van der Waals surface area contributed by atoms with Crippen molar-refractivity contribution in [2.45, 2.75) is 19.5 Å². The molecule has 0 aliphatic carbocycles. The van der Waals surface area contributed by atoms with Crippen LogP contribution in [0.1, 0.15) is 6.92 Å². The second kappa shape index (κ2) is 4.84. The fraction of sp³-hybridized carbons (Fsp3) is 0.800. The molecule has 0 aromatic heterocycles. The molecule has 0 heterocycles. The maximum atomic E-state index is 10.2. The standard InChI is InChI=1S/C5H13NOSi/c1-5(7)6-3-4-8-2/h3-4,8H2,1-2H3,(H,6,7). The number of carbonyl (C=O) groups is 1. The molecule has 1 N–H and O–H groups in total. The molecule has 1 amide bonds. The highest BCUT2D eigenvalue weighted by molar-refractivity contribution is 6.33. The average Bonchev–Trinajstić information content (AvgIpc) is 1.66. The first-order valence-electron chi connectivity index (χ1n) is 3.01. The molecule has 0 saturated carbocycles. The Bertz CT molecular complexity index is 74.8. The van der Waals surface area contributed by atoms with Crippen molar-refractivity contribution in [1.29, 1.82) is 0 Å². The number of nitrogens with one attached hydrogen (secondary N) is 1. The fourth-order valence-corrected chi connectivity index (χ4v) is 0.972. The fourth-order valence-electron chi connectivity index (χ4n) is 0.441. The van der Waals surface area contributed by atoms with Crippen molar-refractivity contribution >= 4 is 15.4 Å². The second-order valence-corrected chi connectivity index (χ2v) is 3.54. The molecule has 0 saturated heterocycles.